The quantitative estimate of drug-likeness (QED) is 0.497. The number of hydrogen-bond acceptors (Lipinski definition) is 7. The van der Waals surface area contributed by atoms with E-state index in [-0.39, 0.29) is 28.4 Å². The van der Waals surface area contributed by atoms with Gasteiger partial charge in [-0.1, -0.05) is 0 Å². The summed E-state index contributed by atoms with van der Waals surface area (Å²) >= 11 is 0. The Morgan fingerprint density at radius 1 is 1.28 bits per heavy atom. The number of nitriles is 2. The monoisotopic (exact) mass is 340 g/mol. The number of nitro benzene ring substituents is 1. The maximum Gasteiger partial charge on any atom is 0.293 e. The zero-order chi connectivity index (χ0) is 18.4. The molecule has 1 aliphatic rings. The van der Waals surface area contributed by atoms with Crippen LogP contribution in [0.25, 0.3) is 0 Å². The summed E-state index contributed by atoms with van der Waals surface area (Å²) in [6.45, 7) is 2.64. The first-order valence-electron chi connectivity index (χ1n) is 7.49. The zero-order valence-corrected chi connectivity index (χ0v) is 13.6. The molecule has 0 aromatic heterocycles. The van der Waals surface area contributed by atoms with Crippen LogP contribution in [0.4, 0.5) is 11.4 Å². The molecule has 1 heterocycles. The van der Waals surface area contributed by atoms with Crippen molar-refractivity contribution in [1.29, 1.82) is 10.5 Å². The molecule has 1 amide bonds. The highest BCUT2D eigenvalue weighted by Gasteiger charge is 2.23. The van der Waals surface area contributed by atoms with Crippen LogP contribution in [0, 0.1) is 32.8 Å². The summed E-state index contributed by atoms with van der Waals surface area (Å²) in [5.41, 5.74) is -0.187. The van der Waals surface area contributed by atoms with E-state index in [2.05, 4.69) is 10.2 Å². The van der Waals surface area contributed by atoms with Crippen LogP contribution in [0.15, 0.2) is 30.0 Å². The molecule has 0 radical (unpaired) electrons. The molecule has 25 heavy (non-hydrogen) atoms. The summed E-state index contributed by atoms with van der Waals surface area (Å²) in [6, 6.07) is 7.38. The number of likely N-dealkylation sites (N-methyl/N-ethyl adjacent to an activating group) is 1. The highest BCUT2D eigenvalue weighted by Crippen LogP contribution is 2.26. The number of carbonyl (C=O) groups is 1. The largest absolute Gasteiger partial charge is 0.354 e. The SMILES string of the molecule is CN1CCN(C(=O)c2ccc(NC=C(C#N)C#N)c([N+](=O)[O-])c2)CC1. The number of carbonyl (C=O) groups excluding carboxylic acids is 1. The first kappa shape index (κ1) is 17.9. The number of amides is 1. The Labute approximate surface area is 144 Å². The maximum absolute atomic E-state index is 12.5. The minimum absolute atomic E-state index is 0.0999. The van der Waals surface area contributed by atoms with Gasteiger partial charge in [0.15, 0.2) is 0 Å². The molecule has 9 heteroatoms. The van der Waals surface area contributed by atoms with Gasteiger partial charge < -0.3 is 15.1 Å². The van der Waals surface area contributed by atoms with E-state index in [4.69, 9.17) is 10.5 Å². The fourth-order valence-electron chi connectivity index (χ4n) is 2.37. The predicted molar refractivity (Wildman–Crippen MR) is 89.4 cm³/mol. The molecule has 0 spiro atoms. The average molecular weight is 340 g/mol. The van der Waals surface area contributed by atoms with E-state index in [0.717, 1.165) is 19.3 Å². The number of anilines is 1. The van der Waals surface area contributed by atoms with Gasteiger partial charge in [-0.3, -0.25) is 14.9 Å². The van der Waals surface area contributed by atoms with Crippen LogP contribution in [-0.4, -0.2) is 53.9 Å². The number of rotatable bonds is 4. The Kier molecular flexibility index (Phi) is 5.66. The minimum Gasteiger partial charge on any atom is -0.354 e. The van der Waals surface area contributed by atoms with Gasteiger partial charge in [0, 0.05) is 44.0 Å². The van der Waals surface area contributed by atoms with Crippen LogP contribution in [0.5, 0.6) is 0 Å². The van der Waals surface area contributed by atoms with E-state index in [0.29, 0.717) is 13.1 Å². The van der Waals surface area contributed by atoms with Gasteiger partial charge in [-0.2, -0.15) is 10.5 Å². The lowest BCUT2D eigenvalue weighted by Gasteiger charge is -2.32. The van der Waals surface area contributed by atoms with E-state index in [1.165, 1.54) is 18.2 Å². The van der Waals surface area contributed by atoms with Crippen molar-refractivity contribution in [1.82, 2.24) is 9.80 Å². The number of nitrogens with zero attached hydrogens (tertiary/aromatic N) is 5. The highest BCUT2D eigenvalue weighted by molar-refractivity contribution is 5.96. The molecule has 128 valence electrons. The second-order valence-corrected chi connectivity index (χ2v) is 5.51. The molecule has 0 saturated carbocycles. The maximum atomic E-state index is 12.5. The molecule has 0 unspecified atom stereocenters. The average Bonchev–Trinajstić information content (AvgIpc) is 2.62. The van der Waals surface area contributed by atoms with Crippen molar-refractivity contribution in [2.24, 2.45) is 0 Å². The van der Waals surface area contributed by atoms with Crippen LogP contribution in [-0.2, 0) is 0 Å². The summed E-state index contributed by atoms with van der Waals surface area (Å²) in [5.74, 6) is -0.256. The third kappa shape index (κ3) is 4.31. The predicted octanol–water partition coefficient (Wildman–Crippen LogP) is 1.33. The normalized spacial score (nSPS) is 14.1. The summed E-state index contributed by atoms with van der Waals surface area (Å²) < 4.78 is 0. The molecule has 1 fully saturated rings. The van der Waals surface area contributed by atoms with Gasteiger partial charge in [-0.25, -0.2) is 0 Å². The lowest BCUT2D eigenvalue weighted by Crippen LogP contribution is -2.47. The third-order valence-corrected chi connectivity index (χ3v) is 3.84. The number of allylic oxidation sites excluding steroid dienone is 1. The summed E-state index contributed by atoms with van der Waals surface area (Å²) in [7, 11) is 1.97. The number of nitro groups is 1. The Balaban J connectivity index is 2.25. The number of piperazine rings is 1. The molecule has 1 aromatic rings. The van der Waals surface area contributed by atoms with Gasteiger partial charge >= 0.3 is 0 Å². The smallest absolute Gasteiger partial charge is 0.293 e. The van der Waals surface area contributed by atoms with Crippen molar-refractivity contribution < 1.29 is 9.72 Å². The molecular weight excluding hydrogens is 324 g/mol. The molecule has 2 rings (SSSR count). The summed E-state index contributed by atoms with van der Waals surface area (Å²) in [6.07, 6.45) is 1.09. The molecule has 1 aliphatic heterocycles. The summed E-state index contributed by atoms with van der Waals surface area (Å²) in [5, 5.41) is 31.2. The van der Waals surface area contributed by atoms with Crippen LogP contribution < -0.4 is 5.32 Å². The van der Waals surface area contributed by atoms with Gasteiger partial charge in [0.05, 0.1) is 4.92 Å². The lowest BCUT2D eigenvalue weighted by molar-refractivity contribution is -0.383. The van der Waals surface area contributed by atoms with Crippen LogP contribution in [0.1, 0.15) is 10.4 Å². The molecule has 1 saturated heterocycles. The van der Waals surface area contributed by atoms with E-state index in [1.807, 2.05) is 7.05 Å². The fraction of sp³-hybridized carbons (Fsp3) is 0.312. The summed E-state index contributed by atoms with van der Waals surface area (Å²) in [4.78, 5) is 27.0. The second-order valence-electron chi connectivity index (χ2n) is 5.51. The van der Waals surface area contributed by atoms with Gasteiger partial charge in [0.2, 0.25) is 0 Å². The van der Waals surface area contributed by atoms with Crippen molar-refractivity contribution in [3.05, 3.63) is 45.6 Å². The molecule has 0 atom stereocenters. The van der Waals surface area contributed by atoms with Gasteiger partial charge in [-0.15, -0.1) is 0 Å². The van der Waals surface area contributed by atoms with E-state index in [1.54, 1.807) is 17.0 Å². The highest BCUT2D eigenvalue weighted by atomic mass is 16.6. The standard InChI is InChI=1S/C16H16N6O3/c1-20-4-6-21(7-5-20)16(23)13-2-3-14(15(8-13)22(24)25)19-11-12(9-17)10-18/h2-3,8,11,19H,4-7H2,1H3. The molecule has 9 nitrogen and oxygen atoms in total. The van der Waals surface area contributed by atoms with Crippen molar-refractivity contribution in [3.63, 3.8) is 0 Å². The van der Waals surface area contributed by atoms with Crippen molar-refractivity contribution in [3.8, 4) is 12.1 Å². The van der Waals surface area contributed by atoms with Gasteiger partial charge in [0.1, 0.15) is 23.4 Å². The second kappa shape index (κ2) is 7.90. The zero-order valence-electron chi connectivity index (χ0n) is 13.6. The Hall–Kier alpha value is -3.43. The van der Waals surface area contributed by atoms with Crippen LogP contribution >= 0.6 is 0 Å². The molecular formula is C16H16N6O3. The number of nitrogens with one attached hydrogen (secondary N) is 1. The lowest BCUT2D eigenvalue weighted by atomic mass is 10.1. The van der Waals surface area contributed by atoms with Crippen molar-refractivity contribution in [2.45, 2.75) is 0 Å². The van der Waals surface area contributed by atoms with Gasteiger partial charge in [-0.05, 0) is 19.2 Å². The molecule has 0 bridgehead atoms. The molecule has 1 N–H and O–H groups in total. The third-order valence-electron chi connectivity index (χ3n) is 3.84. The fourth-order valence-corrected chi connectivity index (χ4v) is 2.37. The first-order valence-corrected chi connectivity index (χ1v) is 7.49. The van der Waals surface area contributed by atoms with E-state index >= 15 is 0 Å². The Morgan fingerprint density at radius 2 is 1.92 bits per heavy atom. The van der Waals surface area contributed by atoms with E-state index < -0.39 is 4.92 Å². The van der Waals surface area contributed by atoms with Crippen molar-refractivity contribution in [2.75, 3.05) is 38.5 Å². The van der Waals surface area contributed by atoms with E-state index in [9.17, 15) is 14.9 Å². The first-order chi connectivity index (χ1) is 12.0. The van der Waals surface area contributed by atoms with Crippen LogP contribution in [0.2, 0.25) is 0 Å². The Morgan fingerprint density at radius 3 is 2.48 bits per heavy atom. The molecule has 1 aromatic carbocycles. The number of benzene rings is 1. The topological polar surface area (TPSA) is 126 Å². The van der Waals surface area contributed by atoms with Crippen LogP contribution in [0.3, 0.4) is 0 Å². The molecule has 0 aliphatic carbocycles. The Bertz CT molecular complexity index is 781. The van der Waals surface area contributed by atoms with Gasteiger partial charge in [0.25, 0.3) is 11.6 Å². The van der Waals surface area contributed by atoms with Crippen molar-refractivity contribution >= 4 is 17.3 Å². The minimum atomic E-state index is -0.616. The number of hydrogen-bond donors (Lipinski definition) is 1.